The second-order valence-electron chi connectivity index (χ2n) is 6.43. The third-order valence-electron chi connectivity index (χ3n) is 4.41. The van der Waals surface area contributed by atoms with Crippen LogP contribution in [0.3, 0.4) is 0 Å². The first kappa shape index (κ1) is 15.6. The lowest BCUT2D eigenvalue weighted by molar-refractivity contribution is -0.137. The summed E-state index contributed by atoms with van der Waals surface area (Å²) in [6.07, 6.45) is 3.20. The van der Waals surface area contributed by atoms with Gasteiger partial charge in [0.15, 0.2) is 0 Å². The number of piperidine rings is 1. The number of nitrogens with zero attached hydrogens (tertiary/aromatic N) is 4. The van der Waals surface area contributed by atoms with Crippen LogP contribution >= 0.6 is 0 Å². The van der Waals surface area contributed by atoms with E-state index in [-0.39, 0.29) is 17.4 Å². The Balaban J connectivity index is 2.03. The molecule has 122 valence electrons. The highest BCUT2D eigenvalue weighted by Gasteiger charge is 2.31. The van der Waals surface area contributed by atoms with Gasteiger partial charge in [-0.05, 0) is 37.3 Å². The highest BCUT2D eigenvalue weighted by atomic mass is 16.2. The van der Waals surface area contributed by atoms with E-state index in [4.69, 9.17) is 0 Å². The maximum absolute atomic E-state index is 12.9. The van der Waals surface area contributed by atoms with Gasteiger partial charge in [0.2, 0.25) is 5.91 Å². The maximum Gasteiger partial charge on any atom is 0.278 e. The zero-order valence-corrected chi connectivity index (χ0v) is 13.6. The summed E-state index contributed by atoms with van der Waals surface area (Å²) in [5, 5.41) is 8.67. The molecule has 0 N–H and O–H groups in total. The van der Waals surface area contributed by atoms with E-state index in [1.807, 2.05) is 24.8 Å². The Hall–Kier alpha value is -2.24. The van der Waals surface area contributed by atoms with Crippen LogP contribution < -0.4 is 5.56 Å². The Morgan fingerprint density at radius 3 is 2.52 bits per heavy atom. The summed E-state index contributed by atoms with van der Waals surface area (Å²) in [7, 11) is 0. The van der Waals surface area contributed by atoms with Crippen molar-refractivity contribution in [1.82, 2.24) is 19.9 Å². The van der Waals surface area contributed by atoms with Gasteiger partial charge in [-0.25, -0.2) is 0 Å². The van der Waals surface area contributed by atoms with E-state index >= 15 is 0 Å². The summed E-state index contributed by atoms with van der Waals surface area (Å²) < 4.78 is 1.27. The number of fused-ring (bicyclic) bond motifs is 1. The van der Waals surface area contributed by atoms with Crippen LogP contribution in [-0.2, 0) is 4.79 Å². The van der Waals surface area contributed by atoms with Crippen LogP contribution in [0, 0.1) is 5.92 Å². The molecule has 0 bridgehead atoms. The topological polar surface area (TPSA) is 68.1 Å². The number of aromatic nitrogens is 3. The molecule has 2 aromatic rings. The van der Waals surface area contributed by atoms with E-state index in [0.29, 0.717) is 10.9 Å². The van der Waals surface area contributed by atoms with Crippen molar-refractivity contribution in [2.45, 2.75) is 39.2 Å². The van der Waals surface area contributed by atoms with Gasteiger partial charge in [0, 0.05) is 13.1 Å². The molecule has 23 heavy (non-hydrogen) atoms. The molecule has 1 unspecified atom stereocenters. The normalized spacial score (nSPS) is 16.7. The first-order chi connectivity index (χ1) is 11.1. The smallest absolute Gasteiger partial charge is 0.278 e. The van der Waals surface area contributed by atoms with Crippen molar-refractivity contribution in [3.05, 3.63) is 34.6 Å². The number of rotatable bonds is 3. The van der Waals surface area contributed by atoms with Crippen molar-refractivity contribution in [1.29, 1.82) is 0 Å². The van der Waals surface area contributed by atoms with E-state index in [1.54, 1.807) is 18.2 Å². The lowest BCUT2D eigenvalue weighted by Crippen LogP contribution is -2.45. The molecule has 1 aliphatic rings. The lowest BCUT2D eigenvalue weighted by Gasteiger charge is -2.31. The van der Waals surface area contributed by atoms with Gasteiger partial charge in [-0.1, -0.05) is 31.2 Å². The number of carbonyl (C=O) groups excluding carboxylic acids is 1. The molecule has 0 radical (unpaired) electrons. The number of hydrogen-bond acceptors (Lipinski definition) is 4. The Bertz CT molecular complexity index is 763. The molecule has 1 aliphatic heterocycles. The molecule has 0 saturated carbocycles. The molecule has 2 heterocycles. The van der Waals surface area contributed by atoms with Crippen molar-refractivity contribution in [2.75, 3.05) is 13.1 Å². The van der Waals surface area contributed by atoms with Gasteiger partial charge in [0.1, 0.15) is 11.6 Å². The highest BCUT2D eigenvalue weighted by Crippen LogP contribution is 2.21. The minimum absolute atomic E-state index is 0.0219. The largest absolute Gasteiger partial charge is 0.341 e. The summed E-state index contributed by atoms with van der Waals surface area (Å²) in [5.41, 5.74) is 0.307. The molecule has 1 aromatic heterocycles. The minimum atomic E-state index is -0.599. The van der Waals surface area contributed by atoms with Crippen LogP contribution in [0.15, 0.2) is 29.1 Å². The summed E-state index contributed by atoms with van der Waals surface area (Å²) in [6.45, 7) is 5.40. The third-order valence-corrected chi connectivity index (χ3v) is 4.41. The molecular formula is C17H22N4O2. The maximum atomic E-state index is 12.9. The molecule has 6 heteroatoms. The molecule has 1 saturated heterocycles. The summed E-state index contributed by atoms with van der Waals surface area (Å²) >= 11 is 0. The molecular weight excluding hydrogens is 292 g/mol. The summed E-state index contributed by atoms with van der Waals surface area (Å²) in [5.74, 6) is -0.0519. The number of benzene rings is 1. The van der Waals surface area contributed by atoms with Gasteiger partial charge in [-0.15, -0.1) is 5.10 Å². The fraction of sp³-hybridized carbons (Fsp3) is 0.529. The van der Waals surface area contributed by atoms with E-state index in [0.717, 1.165) is 32.4 Å². The quantitative estimate of drug-likeness (QED) is 0.869. The van der Waals surface area contributed by atoms with Crippen molar-refractivity contribution in [3.8, 4) is 0 Å². The predicted molar refractivity (Wildman–Crippen MR) is 88.1 cm³/mol. The number of likely N-dealkylation sites (tertiary alicyclic amines) is 1. The zero-order valence-electron chi connectivity index (χ0n) is 13.6. The lowest BCUT2D eigenvalue weighted by atomic mass is 10.0. The van der Waals surface area contributed by atoms with Crippen LogP contribution in [0.2, 0.25) is 0 Å². The van der Waals surface area contributed by atoms with Gasteiger partial charge >= 0.3 is 0 Å². The van der Waals surface area contributed by atoms with Crippen LogP contribution in [0.4, 0.5) is 0 Å². The average molecular weight is 314 g/mol. The van der Waals surface area contributed by atoms with Gasteiger partial charge in [0.25, 0.3) is 5.56 Å². The van der Waals surface area contributed by atoms with E-state index in [1.165, 1.54) is 4.68 Å². The summed E-state index contributed by atoms with van der Waals surface area (Å²) in [6, 6.07) is 6.50. The van der Waals surface area contributed by atoms with Gasteiger partial charge in [0.05, 0.1) is 5.39 Å². The number of hydrogen-bond donors (Lipinski definition) is 0. The Labute approximate surface area is 135 Å². The second kappa shape index (κ2) is 6.48. The van der Waals surface area contributed by atoms with Gasteiger partial charge in [-0.3, -0.25) is 9.59 Å². The number of carbonyl (C=O) groups is 1. The molecule has 0 spiro atoms. The number of amides is 1. The molecule has 1 amide bonds. The Kier molecular flexibility index (Phi) is 4.41. The van der Waals surface area contributed by atoms with Gasteiger partial charge in [-0.2, -0.15) is 4.68 Å². The zero-order chi connectivity index (χ0) is 16.4. The fourth-order valence-electron chi connectivity index (χ4n) is 3.16. The van der Waals surface area contributed by atoms with Crippen LogP contribution in [0.5, 0.6) is 0 Å². The van der Waals surface area contributed by atoms with E-state index < -0.39 is 6.04 Å². The Morgan fingerprint density at radius 2 is 1.83 bits per heavy atom. The fourth-order valence-corrected chi connectivity index (χ4v) is 3.16. The van der Waals surface area contributed by atoms with Crippen LogP contribution in [-0.4, -0.2) is 38.9 Å². The SMILES string of the molecule is CC(C)C(C(=O)N1CCCCC1)n1nnc2ccccc2c1=O. The standard InChI is InChI=1S/C17H22N4O2/c1-12(2)15(17(23)20-10-6-3-7-11-20)21-16(22)13-8-4-5-9-14(13)18-19-21/h4-5,8-9,12,15H,3,6-7,10-11H2,1-2H3. The monoisotopic (exact) mass is 314 g/mol. The summed E-state index contributed by atoms with van der Waals surface area (Å²) in [4.78, 5) is 27.5. The molecule has 3 rings (SSSR count). The molecule has 1 fully saturated rings. The van der Waals surface area contributed by atoms with Gasteiger partial charge < -0.3 is 4.90 Å². The van der Waals surface area contributed by atoms with Crippen molar-refractivity contribution in [3.63, 3.8) is 0 Å². The van der Waals surface area contributed by atoms with E-state index in [2.05, 4.69) is 10.3 Å². The van der Waals surface area contributed by atoms with Crippen molar-refractivity contribution in [2.24, 2.45) is 5.92 Å². The second-order valence-corrected chi connectivity index (χ2v) is 6.43. The van der Waals surface area contributed by atoms with Crippen molar-refractivity contribution < 1.29 is 4.79 Å². The minimum Gasteiger partial charge on any atom is -0.341 e. The first-order valence-electron chi connectivity index (χ1n) is 8.22. The average Bonchev–Trinajstić information content (AvgIpc) is 2.58. The molecule has 1 aromatic carbocycles. The van der Waals surface area contributed by atoms with Crippen LogP contribution in [0.25, 0.3) is 10.9 Å². The van der Waals surface area contributed by atoms with E-state index in [9.17, 15) is 9.59 Å². The predicted octanol–water partition coefficient (Wildman–Crippen LogP) is 2.00. The highest BCUT2D eigenvalue weighted by molar-refractivity contribution is 5.81. The third kappa shape index (κ3) is 2.98. The molecule has 1 atom stereocenters. The molecule has 6 nitrogen and oxygen atoms in total. The Morgan fingerprint density at radius 1 is 1.13 bits per heavy atom. The molecule has 0 aliphatic carbocycles. The van der Waals surface area contributed by atoms with Crippen molar-refractivity contribution >= 4 is 16.8 Å². The first-order valence-corrected chi connectivity index (χ1v) is 8.22. The van der Waals surface area contributed by atoms with Crippen LogP contribution in [0.1, 0.15) is 39.2 Å².